The Morgan fingerprint density at radius 1 is 1.36 bits per heavy atom. The molecule has 3 rings (SSSR count). The molecule has 1 aromatic heterocycles. The first-order valence-corrected chi connectivity index (χ1v) is 9.67. The van der Waals surface area contributed by atoms with E-state index in [0.29, 0.717) is 10.8 Å². The molecule has 1 saturated heterocycles. The highest BCUT2D eigenvalue weighted by Gasteiger charge is 2.48. The molecule has 1 N–H and O–H groups in total. The van der Waals surface area contributed by atoms with Gasteiger partial charge in [-0.3, -0.25) is 0 Å². The molecule has 5 heteroatoms. The minimum Gasteiger partial charge on any atom is -0.352 e. The number of hydrogen-bond acceptors (Lipinski definition) is 5. The van der Waals surface area contributed by atoms with E-state index in [2.05, 4.69) is 46.2 Å². The van der Waals surface area contributed by atoms with Crippen LogP contribution >= 0.6 is 11.8 Å². The molecule has 4 nitrogen and oxygen atoms in total. The van der Waals surface area contributed by atoms with Crippen LogP contribution in [0.2, 0.25) is 0 Å². The molecule has 1 aliphatic carbocycles. The zero-order valence-corrected chi connectivity index (χ0v) is 15.0. The van der Waals surface area contributed by atoms with Crippen LogP contribution in [0.3, 0.4) is 0 Å². The summed E-state index contributed by atoms with van der Waals surface area (Å²) in [5.41, 5.74) is 1.10. The average Bonchev–Trinajstić information content (AvgIpc) is 2.93. The van der Waals surface area contributed by atoms with Crippen molar-refractivity contribution in [3.05, 3.63) is 17.6 Å². The summed E-state index contributed by atoms with van der Waals surface area (Å²) in [4.78, 5) is 11.9. The summed E-state index contributed by atoms with van der Waals surface area (Å²) < 4.78 is 0.450. The van der Waals surface area contributed by atoms with Crippen molar-refractivity contribution in [2.24, 2.45) is 0 Å². The van der Waals surface area contributed by atoms with Gasteiger partial charge in [0.05, 0.1) is 5.69 Å². The van der Waals surface area contributed by atoms with E-state index < -0.39 is 0 Å². The summed E-state index contributed by atoms with van der Waals surface area (Å²) in [5, 5.41) is 3.29. The maximum Gasteiger partial charge on any atom is 0.132 e. The summed E-state index contributed by atoms with van der Waals surface area (Å²) in [6.45, 7) is 5.30. The molecule has 122 valence electrons. The lowest BCUT2D eigenvalue weighted by Crippen LogP contribution is -2.45. The van der Waals surface area contributed by atoms with Crippen molar-refractivity contribution in [2.45, 2.75) is 62.8 Å². The Morgan fingerprint density at radius 3 is 2.91 bits per heavy atom. The normalized spacial score (nSPS) is 29.5. The van der Waals surface area contributed by atoms with Crippen LogP contribution < -0.4 is 10.2 Å². The molecule has 2 fully saturated rings. The minimum absolute atomic E-state index is 0.264. The third-order valence-corrected chi connectivity index (χ3v) is 7.00. The fraction of sp³-hybridized carbons (Fsp3) is 0.765. The molecular formula is C17H28N4S. The number of anilines is 1. The van der Waals surface area contributed by atoms with E-state index in [0.717, 1.165) is 23.9 Å². The third kappa shape index (κ3) is 2.73. The van der Waals surface area contributed by atoms with E-state index in [1.165, 1.54) is 32.1 Å². The standard InChI is InChI=1S/C17H28N4S/c1-12(18-3)14-11-16(20-13(2)19-14)21-10-9-17(22-4)8-6-5-7-15(17)21/h11-12,15,18H,5-10H2,1-4H3/t12?,15?,17-/m1/s1. The van der Waals surface area contributed by atoms with Gasteiger partial charge in [0.1, 0.15) is 11.6 Å². The number of fused-ring (bicyclic) bond motifs is 1. The lowest BCUT2D eigenvalue weighted by molar-refractivity contribution is 0.377. The van der Waals surface area contributed by atoms with Crippen molar-refractivity contribution in [2.75, 3.05) is 24.7 Å². The molecule has 2 unspecified atom stereocenters. The molecule has 1 saturated carbocycles. The Labute approximate surface area is 138 Å². The van der Waals surface area contributed by atoms with Crippen molar-refractivity contribution < 1.29 is 0 Å². The van der Waals surface area contributed by atoms with E-state index in [-0.39, 0.29) is 6.04 Å². The molecule has 2 aliphatic rings. The van der Waals surface area contributed by atoms with Crippen LogP contribution in [0.25, 0.3) is 0 Å². The van der Waals surface area contributed by atoms with Gasteiger partial charge in [0.25, 0.3) is 0 Å². The van der Waals surface area contributed by atoms with Gasteiger partial charge in [-0.2, -0.15) is 11.8 Å². The third-order valence-electron chi connectivity index (χ3n) is 5.51. The molecule has 2 heterocycles. The van der Waals surface area contributed by atoms with Crippen LogP contribution in [0.1, 0.15) is 56.6 Å². The van der Waals surface area contributed by atoms with Crippen molar-refractivity contribution in [1.29, 1.82) is 0 Å². The number of nitrogens with one attached hydrogen (secondary N) is 1. The lowest BCUT2D eigenvalue weighted by atomic mass is 9.84. The van der Waals surface area contributed by atoms with Gasteiger partial charge in [-0.25, -0.2) is 9.97 Å². The monoisotopic (exact) mass is 320 g/mol. The van der Waals surface area contributed by atoms with E-state index >= 15 is 0 Å². The number of hydrogen-bond donors (Lipinski definition) is 1. The van der Waals surface area contributed by atoms with Gasteiger partial charge in [-0.1, -0.05) is 12.8 Å². The fourth-order valence-corrected chi connectivity index (χ4v) is 5.26. The summed E-state index contributed by atoms with van der Waals surface area (Å²) in [6.07, 6.45) is 8.99. The van der Waals surface area contributed by atoms with Crippen molar-refractivity contribution in [1.82, 2.24) is 15.3 Å². The van der Waals surface area contributed by atoms with E-state index in [1.54, 1.807) is 0 Å². The van der Waals surface area contributed by atoms with Gasteiger partial charge in [0.15, 0.2) is 0 Å². The predicted octanol–water partition coefficient (Wildman–Crippen LogP) is 3.32. The predicted molar refractivity (Wildman–Crippen MR) is 94.7 cm³/mol. The summed E-state index contributed by atoms with van der Waals surface area (Å²) in [6, 6.07) is 3.10. The second-order valence-electron chi connectivity index (χ2n) is 6.68. The van der Waals surface area contributed by atoms with E-state index in [4.69, 9.17) is 4.98 Å². The molecular weight excluding hydrogens is 292 g/mol. The Hall–Kier alpha value is -0.810. The number of thioether (sulfide) groups is 1. The van der Waals surface area contributed by atoms with Gasteiger partial charge in [-0.15, -0.1) is 0 Å². The highest BCUT2D eigenvalue weighted by Crippen LogP contribution is 2.49. The Kier molecular flexibility index (Phi) is 4.64. The maximum absolute atomic E-state index is 4.77. The molecule has 0 aromatic carbocycles. The Morgan fingerprint density at radius 2 is 2.18 bits per heavy atom. The summed E-state index contributed by atoms with van der Waals surface area (Å²) >= 11 is 2.08. The van der Waals surface area contributed by atoms with Gasteiger partial charge in [-0.05, 0) is 46.4 Å². The molecule has 1 aromatic rings. The largest absolute Gasteiger partial charge is 0.352 e. The van der Waals surface area contributed by atoms with Crippen LogP contribution in [0.15, 0.2) is 6.07 Å². The van der Waals surface area contributed by atoms with Gasteiger partial charge in [0.2, 0.25) is 0 Å². The summed E-state index contributed by atoms with van der Waals surface area (Å²) in [7, 11) is 1.98. The Bertz CT molecular complexity index is 535. The zero-order chi connectivity index (χ0) is 15.7. The fourth-order valence-electron chi connectivity index (χ4n) is 4.09. The van der Waals surface area contributed by atoms with Crippen molar-refractivity contribution in [3.63, 3.8) is 0 Å². The molecule has 0 amide bonds. The molecule has 0 bridgehead atoms. The van der Waals surface area contributed by atoms with E-state index in [1.807, 2.05) is 14.0 Å². The number of aromatic nitrogens is 2. The van der Waals surface area contributed by atoms with Crippen LogP contribution in [0.5, 0.6) is 0 Å². The second kappa shape index (κ2) is 6.36. The first kappa shape index (κ1) is 16.1. The highest BCUT2D eigenvalue weighted by atomic mass is 32.2. The van der Waals surface area contributed by atoms with Crippen LogP contribution in [0.4, 0.5) is 5.82 Å². The van der Waals surface area contributed by atoms with Gasteiger partial charge in [0, 0.05) is 29.4 Å². The second-order valence-corrected chi connectivity index (χ2v) is 7.90. The number of aryl methyl sites for hydroxylation is 1. The number of rotatable bonds is 4. The quantitative estimate of drug-likeness (QED) is 0.921. The lowest BCUT2D eigenvalue weighted by Gasteiger charge is -2.41. The topological polar surface area (TPSA) is 41.0 Å². The Balaban J connectivity index is 1.92. The maximum atomic E-state index is 4.77. The highest BCUT2D eigenvalue weighted by molar-refractivity contribution is 8.00. The molecule has 0 spiro atoms. The minimum atomic E-state index is 0.264. The average molecular weight is 321 g/mol. The SMILES string of the molecule is CNC(C)c1cc(N2CC[C@]3(SC)CCCCC23)nc(C)n1. The van der Waals surface area contributed by atoms with Gasteiger partial charge < -0.3 is 10.2 Å². The van der Waals surface area contributed by atoms with Crippen LogP contribution in [-0.2, 0) is 0 Å². The van der Waals surface area contributed by atoms with Crippen LogP contribution in [0, 0.1) is 6.92 Å². The van der Waals surface area contributed by atoms with Gasteiger partial charge >= 0.3 is 0 Å². The first-order chi connectivity index (χ1) is 10.6. The zero-order valence-electron chi connectivity index (χ0n) is 14.2. The summed E-state index contributed by atoms with van der Waals surface area (Å²) in [5.74, 6) is 2.01. The van der Waals surface area contributed by atoms with E-state index in [9.17, 15) is 0 Å². The molecule has 22 heavy (non-hydrogen) atoms. The molecule has 3 atom stereocenters. The number of nitrogens with zero attached hydrogens (tertiary/aromatic N) is 3. The van der Waals surface area contributed by atoms with Crippen molar-refractivity contribution >= 4 is 17.6 Å². The van der Waals surface area contributed by atoms with Crippen LogP contribution in [-0.4, -0.2) is 40.6 Å². The smallest absolute Gasteiger partial charge is 0.132 e. The van der Waals surface area contributed by atoms with Crippen molar-refractivity contribution in [3.8, 4) is 0 Å². The first-order valence-electron chi connectivity index (χ1n) is 8.44. The molecule has 0 radical (unpaired) electrons. The molecule has 1 aliphatic heterocycles.